The van der Waals surface area contributed by atoms with Crippen molar-refractivity contribution in [3.05, 3.63) is 60.7 Å². The number of likely N-dealkylation sites (tertiary alicyclic amines) is 2. The lowest BCUT2D eigenvalue weighted by atomic mass is 10.1. The first kappa shape index (κ1) is 31.8. The molecular formula is C37H47N7O2. The second-order valence-corrected chi connectivity index (χ2v) is 12.9. The Morgan fingerprint density at radius 1 is 0.674 bits per heavy atom. The van der Waals surface area contributed by atoms with Gasteiger partial charge in [0.2, 0.25) is 11.8 Å². The minimum atomic E-state index is 0.0217. The number of anilines is 5. The van der Waals surface area contributed by atoms with Crippen molar-refractivity contribution in [2.45, 2.75) is 51.4 Å². The van der Waals surface area contributed by atoms with Crippen LogP contribution in [0.3, 0.4) is 0 Å². The van der Waals surface area contributed by atoms with Crippen molar-refractivity contribution >= 4 is 62.1 Å². The van der Waals surface area contributed by atoms with Crippen LogP contribution in [0.15, 0.2) is 60.7 Å². The first-order chi connectivity index (χ1) is 22.4. The molecule has 0 saturated carbocycles. The Balaban J connectivity index is 1.22. The van der Waals surface area contributed by atoms with E-state index < -0.39 is 0 Å². The van der Waals surface area contributed by atoms with Crippen LogP contribution in [-0.4, -0.2) is 80.0 Å². The summed E-state index contributed by atoms with van der Waals surface area (Å²) in [7, 11) is 4.06. The van der Waals surface area contributed by atoms with Gasteiger partial charge in [0.05, 0.1) is 16.7 Å². The third kappa shape index (κ3) is 8.13. The van der Waals surface area contributed by atoms with Crippen molar-refractivity contribution in [1.82, 2.24) is 14.8 Å². The molecule has 6 rings (SSSR count). The maximum atomic E-state index is 12.8. The summed E-state index contributed by atoms with van der Waals surface area (Å²) in [6.07, 6.45) is 7.75. The standard InChI is InChI=1S/C37H47N7O2/c1-42(2)30-15-11-27(12-16-30)40-37-31-17-13-28(38-35(45)9-7-23-43-19-3-4-20-43)25-33(31)41-34-26-29(14-18-32(34)37)39-36(46)10-8-24-44-21-5-6-22-44/h11-18,25-26H,3-10,19-24H2,1-2H3,(H,38,45)(H,39,46)(H,40,41). The molecule has 0 bridgehead atoms. The molecule has 0 aliphatic carbocycles. The number of pyridine rings is 1. The maximum absolute atomic E-state index is 12.8. The highest BCUT2D eigenvalue weighted by Crippen LogP contribution is 2.36. The highest BCUT2D eigenvalue weighted by atomic mass is 16.2. The fourth-order valence-electron chi connectivity index (χ4n) is 6.61. The molecule has 0 radical (unpaired) electrons. The van der Waals surface area contributed by atoms with Gasteiger partial charge in [-0.05, 0) is 138 Å². The molecule has 3 heterocycles. The lowest BCUT2D eigenvalue weighted by Crippen LogP contribution is -2.22. The number of carbonyl (C=O) groups is 2. The second-order valence-electron chi connectivity index (χ2n) is 12.9. The summed E-state index contributed by atoms with van der Waals surface area (Å²) in [6.45, 7) is 6.53. The first-order valence-electron chi connectivity index (χ1n) is 16.9. The number of amides is 2. The summed E-state index contributed by atoms with van der Waals surface area (Å²) in [4.78, 5) is 37.6. The summed E-state index contributed by atoms with van der Waals surface area (Å²) in [5, 5.41) is 11.7. The van der Waals surface area contributed by atoms with Gasteiger partial charge in [0.25, 0.3) is 0 Å². The van der Waals surface area contributed by atoms with Crippen LogP contribution in [0.2, 0.25) is 0 Å². The van der Waals surface area contributed by atoms with Crippen LogP contribution in [0, 0.1) is 0 Å². The summed E-state index contributed by atoms with van der Waals surface area (Å²) in [5.41, 5.74) is 6.02. The van der Waals surface area contributed by atoms with E-state index in [9.17, 15) is 9.59 Å². The number of hydrogen-bond acceptors (Lipinski definition) is 7. The molecular weight excluding hydrogens is 574 g/mol. The molecule has 3 N–H and O–H groups in total. The van der Waals surface area contributed by atoms with Crippen LogP contribution >= 0.6 is 0 Å². The van der Waals surface area contributed by atoms with Gasteiger partial charge in [-0.15, -0.1) is 0 Å². The summed E-state index contributed by atoms with van der Waals surface area (Å²) < 4.78 is 0. The van der Waals surface area contributed by atoms with Crippen LogP contribution in [0.1, 0.15) is 51.4 Å². The van der Waals surface area contributed by atoms with E-state index in [0.717, 1.165) is 102 Å². The molecule has 2 fully saturated rings. The molecule has 4 aromatic rings. The average Bonchev–Trinajstić information content (AvgIpc) is 3.76. The van der Waals surface area contributed by atoms with Gasteiger partial charge in [-0.2, -0.15) is 0 Å². The van der Waals surface area contributed by atoms with Gasteiger partial charge in [0.1, 0.15) is 0 Å². The van der Waals surface area contributed by atoms with Gasteiger partial charge >= 0.3 is 0 Å². The molecule has 46 heavy (non-hydrogen) atoms. The van der Waals surface area contributed by atoms with E-state index in [4.69, 9.17) is 4.98 Å². The molecule has 2 saturated heterocycles. The van der Waals surface area contributed by atoms with Crippen LogP contribution in [0.4, 0.5) is 28.4 Å². The Kier molecular flexibility index (Phi) is 10.3. The van der Waals surface area contributed by atoms with Crippen molar-refractivity contribution in [2.24, 2.45) is 0 Å². The normalized spacial score (nSPS) is 15.4. The number of hydrogen-bond donors (Lipinski definition) is 3. The predicted octanol–water partition coefficient (Wildman–Crippen LogP) is 6.83. The zero-order chi connectivity index (χ0) is 31.9. The zero-order valence-electron chi connectivity index (χ0n) is 27.3. The zero-order valence-corrected chi connectivity index (χ0v) is 27.3. The quantitative estimate of drug-likeness (QED) is 0.141. The molecule has 0 spiro atoms. The van der Waals surface area contributed by atoms with Crippen molar-refractivity contribution in [3.63, 3.8) is 0 Å². The lowest BCUT2D eigenvalue weighted by Gasteiger charge is -2.17. The lowest BCUT2D eigenvalue weighted by molar-refractivity contribution is -0.117. The number of aromatic nitrogens is 1. The van der Waals surface area contributed by atoms with E-state index in [2.05, 4.69) is 54.9 Å². The van der Waals surface area contributed by atoms with Crippen LogP contribution in [0.5, 0.6) is 0 Å². The number of fused-ring (bicyclic) bond motifs is 2. The molecule has 9 heteroatoms. The smallest absolute Gasteiger partial charge is 0.224 e. The van der Waals surface area contributed by atoms with Crippen molar-refractivity contribution in [3.8, 4) is 0 Å². The molecule has 0 atom stereocenters. The minimum Gasteiger partial charge on any atom is -0.378 e. The fourth-order valence-corrected chi connectivity index (χ4v) is 6.61. The summed E-state index contributed by atoms with van der Waals surface area (Å²) >= 11 is 0. The number of nitrogens with one attached hydrogen (secondary N) is 3. The first-order valence-corrected chi connectivity index (χ1v) is 16.9. The molecule has 2 aliphatic heterocycles. The Hall–Kier alpha value is -4.21. The summed E-state index contributed by atoms with van der Waals surface area (Å²) in [5.74, 6) is 0.0433. The summed E-state index contributed by atoms with van der Waals surface area (Å²) in [6, 6.07) is 20.1. The van der Waals surface area contributed by atoms with E-state index in [1.54, 1.807) is 0 Å². The van der Waals surface area contributed by atoms with Crippen molar-refractivity contribution in [2.75, 3.05) is 74.2 Å². The van der Waals surface area contributed by atoms with E-state index >= 15 is 0 Å². The van der Waals surface area contributed by atoms with Gasteiger partial charge < -0.3 is 30.7 Å². The third-order valence-electron chi connectivity index (χ3n) is 9.15. The van der Waals surface area contributed by atoms with Gasteiger partial charge in [0, 0.05) is 60.5 Å². The fraction of sp³-hybridized carbons (Fsp3) is 0.432. The van der Waals surface area contributed by atoms with E-state index in [0.29, 0.717) is 12.8 Å². The van der Waals surface area contributed by atoms with Crippen LogP contribution < -0.4 is 20.9 Å². The van der Waals surface area contributed by atoms with E-state index in [-0.39, 0.29) is 11.8 Å². The SMILES string of the molecule is CN(C)c1ccc(Nc2c3ccc(NC(=O)CCCN4CCCC4)cc3nc3cc(NC(=O)CCCN4CCCC4)ccc23)cc1. The van der Waals surface area contributed by atoms with Gasteiger partial charge in [-0.1, -0.05) is 0 Å². The molecule has 3 aromatic carbocycles. The van der Waals surface area contributed by atoms with E-state index in [1.165, 1.54) is 25.7 Å². The third-order valence-corrected chi connectivity index (χ3v) is 9.15. The maximum Gasteiger partial charge on any atom is 0.224 e. The van der Waals surface area contributed by atoms with Crippen molar-refractivity contribution < 1.29 is 9.59 Å². The molecule has 0 unspecified atom stereocenters. The van der Waals surface area contributed by atoms with E-state index in [1.807, 2.05) is 50.5 Å². The largest absolute Gasteiger partial charge is 0.378 e. The molecule has 1 aromatic heterocycles. The Labute approximate surface area is 272 Å². The number of benzene rings is 3. The number of carbonyl (C=O) groups excluding carboxylic acids is 2. The van der Waals surface area contributed by atoms with Crippen molar-refractivity contribution in [1.29, 1.82) is 0 Å². The highest BCUT2D eigenvalue weighted by Gasteiger charge is 2.15. The predicted molar refractivity (Wildman–Crippen MR) is 190 cm³/mol. The minimum absolute atomic E-state index is 0.0217. The Morgan fingerprint density at radius 3 is 1.59 bits per heavy atom. The van der Waals surface area contributed by atoms with Gasteiger partial charge in [-0.25, -0.2) is 4.98 Å². The highest BCUT2D eigenvalue weighted by molar-refractivity contribution is 6.10. The monoisotopic (exact) mass is 621 g/mol. The van der Waals surface area contributed by atoms with Gasteiger partial charge in [-0.3, -0.25) is 9.59 Å². The molecule has 2 aliphatic rings. The number of rotatable bonds is 13. The molecule has 9 nitrogen and oxygen atoms in total. The average molecular weight is 622 g/mol. The molecule has 242 valence electrons. The van der Waals surface area contributed by atoms with Gasteiger partial charge in [0.15, 0.2) is 0 Å². The second kappa shape index (κ2) is 14.9. The Bertz CT molecular complexity index is 1560. The topological polar surface area (TPSA) is 92.8 Å². The van der Waals surface area contributed by atoms with Crippen LogP contribution in [0.25, 0.3) is 21.8 Å². The molecule has 2 amide bonds. The Morgan fingerprint density at radius 2 is 1.13 bits per heavy atom. The number of nitrogens with zero attached hydrogens (tertiary/aromatic N) is 4. The van der Waals surface area contributed by atoms with Crippen LogP contribution in [-0.2, 0) is 9.59 Å².